The number of para-hydroxylation sites is 3. The lowest BCUT2D eigenvalue weighted by molar-refractivity contribution is 0.113. The topological polar surface area (TPSA) is 33.5 Å². The van der Waals surface area contributed by atoms with E-state index in [0.29, 0.717) is 0 Å². The Balaban J connectivity index is 1.34. The fourth-order valence-corrected chi connectivity index (χ4v) is 12.7. The van der Waals surface area contributed by atoms with E-state index in [2.05, 4.69) is 189 Å². The van der Waals surface area contributed by atoms with Crippen molar-refractivity contribution in [2.75, 3.05) is 10.1 Å². The average Bonchev–Trinajstić information content (AvgIpc) is 3.73. The number of aryl methyl sites for hydroxylation is 1. The summed E-state index contributed by atoms with van der Waals surface area (Å²) < 4.78 is 2.34. The molecule has 6 aromatic carbocycles. The number of pyridine rings is 1. The van der Waals surface area contributed by atoms with Gasteiger partial charge in [-0.15, -0.1) is 4.94 Å². The molecule has 248 valence electrons. The Morgan fingerprint density at radius 2 is 1.18 bits per heavy atom. The van der Waals surface area contributed by atoms with Gasteiger partial charge in [0.15, 0.2) is 8.07 Å². The number of aromatic nitrogens is 2. The van der Waals surface area contributed by atoms with Gasteiger partial charge in [-0.1, -0.05) is 115 Å². The zero-order chi connectivity index (χ0) is 34.5. The summed E-state index contributed by atoms with van der Waals surface area (Å²) in [4.78, 5) is 11.5. The van der Waals surface area contributed by atoms with Crippen molar-refractivity contribution in [1.82, 2.24) is 9.55 Å². The summed E-state index contributed by atoms with van der Waals surface area (Å²) in [5, 5.41) is 11.6. The number of anilines is 3. The fourth-order valence-electron chi connectivity index (χ4n) is 7.89. The van der Waals surface area contributed by atoms with E-state index < -0.39 is 8.07 Å². The molecular formula is C45H38N4OSi. The van der Waals surface area contributed by atoms with Crippen molar-refractivity contribution in [2.45, 2.75) is 26.8 Å². The molecule has 0 unspecified atom stereocenters. The van der Waals surface area contributed by atoms with Gasteiger partial charge >= 0.3 is 0 Å². The third-order valence-electron chi connectivity index (χ3n) is 10.1. The molecule has 8 aromatic rings. The Hall–Kier alpha value is -5.95. The van der Waals surface area contributed by atoms with E-state index in [4.69, 9.17) is 9.92 Å². The van der Waals surface area contributed by atoms with Crippen molar-refractivity contribution >= 4 is 67.7 Å². The van der Waals surface area contributed by atoms with Crippen LogP contribution in [0.2, 0.25) is 0 Å². The molecule has 2 aromatic heterocycles. The maximum absolute atomic E-state index is 6.60. The molecule has 3 heterocycles. The Morgan fingerprint density at radius 3 is 1.90 bits per heavy atom. The molecule has 0 N–H and O–H groups in total. The normalized spacial score (nSPS) is 13.0. The quantitative estimate of drug-likeness (QED) is 0.126. The van der Waals surface area contributed by atoms with Gasteiger partial charge in [-0.05, 0) is 95.6 Å². The molecule has 0 saturated heterocycles. The van der Waals surface area contributed by atoms with Crippen molar-refractivity contribution in [3.8, 4) is 5.82 Å². The minimum atomic E-state index is -2.94. The number of nitrogens with zero attached hydrogens (tertiary/aromatic N) is 4. The van der Waals surface area contributed by atoms with Gasteiger partial charge < -0.3 is 0 Å². The summed E-state index contributed by atoms with van der Waals surface area (Å²) in [7, 11) is -2.94. The molecule has 0 amide bonds. The van der Waals surface area contributed by atoms with Gasteiger partial charge in [0.25, 0.3) is 0 Å². The Kier molecular flexibility index (Phi) is 7.57. The second kappa shape index (κ2) is 12.4. The first-order valence-electron chi connectivity index (χ1n) is 17.6. The third kappa shape index (κ3) is 4.98. The molecule has 0 spiro atoms. The van der Waals surface area contributed by atoms with Crippen molar-refractivity contribution in [3.05, 3.63) is 176 Å². The minimum absolute atomic E-state index is 0.169. The van der Waals surface area contributed by atoms with E-state index in [1.54, 1.807) is 0 Å². The highest BCUT2D eigenvalue weighted by Crippen LogP contribution is 2.42. The van der Waals surface area contributed by atoms with Gasteiger partial charge in [-0.25, -0.2) is 10.0 Å². The van der Waals surface area contributed by atoms with E-state index in [1.807, 2.05) is 16.3 Å². The predicted molar refractivity (Wildman–Crippen MR) is 214 cm³/mol. The summed E-state index contributed by atoms with van der Waals surface area (Å²) in [5.74, 6) is 0.923. The molecule has 0 aliphatic carbocycles. The van der Waals surface area contributed by atoms with Gasteiger partial charge in [0, 0.05) is 17.0 Å². The molecule has 51 heavy (non-hydrogen) atoms. The molecule has 6 heteroatoms. The van der Waals surface area contributed by atoms with Crippen LogP contribution in [0.5, 0.6) is 0 Å². The first kappa shape index (κ1) is 31.1. The molecule has 5 nitrogen and oxygen atoms in total. The zero-order valence-electron chi connectivity index (χ0n) is 28.9. The highest BCUT2D eigenvalue weighted by Gasteiger charge is 2.42. The van der Waals surface area contributed by atoms with Crippen LogP contribution in [0.15, 0.2) is 170 Å². The van der Waals surface area contributed by atoms with E-state index >= 15 is 0 Å². The molecule has 0 atom stereocenters. The van der Waals surface area contributed by atoms with E-state index in [9.17, 15) is 0 Å². The van der Waals surface area contributed by atoms with Gasteiger partial charge in [0.1, 0.15) is 5.82 Å². The lowest BCUT2D eigenvalue weighted by Crippen LogP contribution is -2.74. The fraction of sp³-hybridized carbons (Fsp3) is 0.0889. The highest BCUT2D eigenvalue weighted by atomic mass is 28.3. The highest BCUT2D eigenvalue weighted by molar-refractivity contribution is 7.20. The molecule has 1 aliphatic rings. The van der Waals surface area contributed by atoms with Gasteiger partial charge in [-0.3, -0.25) is 4.57 Å². The molecule has 1 aliphatic heterocycles. The maximum atomic E-state index is 6.60. The number of fused-ring (bicyclic) bond motifs is 4. The molecule has 0 saturated carbocycles. The maximum Gasteiger partial charge on any atom is 0.179 e. The lowest BCUT2D eigenvalue weighted by atomic mass is 10.1. The average molecular weight is 679 g/mol. The first-order valence-corrected chi connectivity index (χ1v) is 19.6. The number of benzene rings is 6. The minimum Gasteiger partial charge on any atom is -0.294 e. The summed E-state index contributed by atoms with van der Waals surface area (Å²) in [5.41, 5.74) is 6.57. The first-order chi connectivity index (χ1) is 25.0. The second-order valence-electron chi connectivity index (χ2n) is 13.6. The van der Waals surface area contributed by atoms with Crippen LogP contribution >= 0.6 is 0 Å². The summed E-state index contributed by atoms with van der Waals surface area (Å²) in [6.07, 6.45) is 1.91. The molecule has 0 radical (unpaired) electrons. The van der Waals surface area contributed by atoms with Crippen LogP contribution in [0.25, 0.3) is 27.6 Å². The van der Waals surface area contributed by atoms with Gasteiger partial charge in [0.2, 0.25) is 0 Å². The monoisotopic (exact) mass is 678 g/mol. The lowest BCUT2D eigenvalue weighted by Gasteiger charge is -2.35. The SMILES string of the molecule is Cc1ccnc(-n2c3ccccc3c3ccc([Si](c4ccccc4)(c4ccccc4)c4cccc(N5ON(C(C)C)c6ccccc65)c4)cc32)c1. The molecule has 9 rings (SSSR count). The smallest absolute Gasteiger partial charge is 0.179 e. The Labute approximate surface area is 299 Å². The van der Waals surface area contributed by atoms with Crippen LogP contribution < -0.4 is 30.9 Å². The predicted octanol–water partition coefficient (Wildman–Crippen LogP) is 8.08. The number of rotatable bonds is 7. The summed E-state index contributed by atoms with van der Waals surface area (Å²) in [6.45, 7) is 6.44. The molecule has 0 fully saturated rings. The number of hydroxylamine groups is 1. The van der Waals surface area contributed by atoms with Crippen LogP contribution in [0.1, 0.15) is 19.4 Å². The molecule has 0 bridgehead atoms. The van der Waals surface area contributed by atoms with Crippen molar-refractivity contribution < 1.29 is 4.94 Å². The second-order valence-corrected chi connectivity index (χ2v) is 17.4. The van der Waals surface area contributed by atoms with Crippen LogP contribution in [0.3, 0.4) is 0 Å². The van der Waals surface area contributed by atoms with Crippen LogP contribution in [-0.2, 0) is 4.94 Å². The standard InChI is InChI=1S/C45H38N4OSi/c1-32(2)48-42-23-12-13-24-43(42)49(50-48)34-15-14-20-37(30-34)51(35-16-6-4-7-17-35,36-18-8-5-9-19-36)38-25-26-40-39-21-10-11-22-41(39)47(44(40)31-38)45-29-33(3)27-28-46-45/h4-32H,1-3H3. The number of hydrogen-bond donors (Lipinski definition) is 0. The van der Waals surface area contributed by atoms with E-state index in [-0.39, 0.29) is 6.04 Å². The molecular weight excluding hydrogens is 641 g/mol. The van der Waals surface area contributed by atoms with Gasteiger partial charge in [-0.2, -0.15) is 5.06 Å². The Morgan fingerprint density at radius 1 is 0.549 bits per heavy atom. The third-order valence-corrected chi connectivity index (χ3v) is 14.9. The summed E-state index contributed by atoms with van der Waals surface area (Å²) in [6, 6.07) is 59.9. The van der Waals surface area contributed by atoms with Crippen molar-refractivity contribution in [2.24, 2.45) is 0 Å². The van der Waals surface area contributed by atoms with Crippen LogP contribution in [0, 0.1) is 6.92 Å². The van der Waals surface area contributed by atoms with Crippen molar-refractivity contribution in [3.63, 3.8) is 0 Å². The Bertz CT molecular complexity index is 2490. The zero-order valence-corrected chi connectivity index (χ0v) is 29.9. The van der Waals surface area contributed by atoms with Crippen LogP contribution in [0.4, 0.5) is 17.1 Å². The largest absolute Gasteiger partial charge is 0.294 e. The van der Waals surface area contributed by atoms with E-state index in [1.165, 1.54) is 37.1 Å². The number of hydrogen-bond acceptors (Lipinski definition) is 4. The van der Waals surface area contributed by atoms with E-state index in [0.717, 1.165) is 33.9 Å². The summed E-state index contributed by atoms with van der Waals surface area (Å²) >= 11 is 0. The van der Waals surface area contributed by atoms with Crippen LogP contribution in [-0.4, -0.2) is 23.7 Å². The van der Waals surface area contributed by atoms with Gasteiger partial charge in [0.05, 0.1) is 34.1 Å². The van der Waals surface area contributed by atoms with Crippen molar-refractivity contribution in [1.29, 1.82) is 0 Å².